The fourth-order valence-corrected chi connectivity index (χ4v) is 2.67. The molecule has 0 amide bonds. The molecule has 0 heterocycles. The van der Waals surface area contributed by atoms with Gasteiger partial charge in [-0.2, -0.15) is 0 Å². The second-order valence-electron chi connectivity index (χ2n) is 5.05. The summed E-state index contributed by atoms with van der Waals surface area (Å²) in [6, 6.07) is 4.02. The summed E-state index contributed by atoms with van der Waals surface area (Å²) in [4.78, 5) is 2.26. The van der Waals surface area contributed by atoms with Gasteiger partial charge in [-0.15, -0.1) is 0 Å². The summed E-state index contributed by atoms with van der Waals surface area (Å²) in [5.74, 6) is 1.25. The Morgan fingerprint density at radius 3 is 2.57 bits per heavy atom. The first kappa shape index (κ1) is 18.1. The molecule has 0 aliphatic carbocycles. The third-order valence-electron chi connectivity index (χ3n) is 3.54. The highest BCUT2D eigenvalue weighted by Crippen LogP contribution is 2.38. The zero-order chi connectivity index (χ0) is 15.8. The smallest absolute Gasteiger partial charge is 0.179 e. The molecule has 0 fully saturated rings. The van der Waals surface area contributed by atoms with Crippen molar-refractivity contribution in [3.8, 4) is 11.5 Å². The normalized spacial score (nSPS) is 12.5. The number of nitrogens with two attached hydrogens (primary N) is 1. The first-order valence-corrected chi connectivity index (χ1v) is 7.87. The summed E-state index contributed by atoms with van der Waals surface area (Å²) in [7, 11) is 3.68. The van der Waals surface area contributed by atoms with Gasteiger partial charge in [0.25, 0.3) is 0 Å². The molecule has 0 bridgehead atoms. The number of unbranched alkanes of at least 4 members (excludes halogenated alkanes) is 1. The van der Waals surface area contributed by atoms with Gasteiger partial charge < -0.3 is 15.2 Å². The predicted molar refractivity (Wildman–Crippen MR) is 88.5 cm³/mol. The van der Waals surface area contributed by atoms with Crippen LogP contribution in [-0.2, 0) is 0 Å². The van der Waals surface area contributed by atoms with Crippen LogP contribution >= 0.6 is 11.6 Å². The van der Waals surface area contributed by atoms with Crippen LogP contribution < -0.4 is 15.2 Å². The molecule has 1 atom stereocenters. The molecule has 2 N–H and O–H groups in total. The molecule has 1 aromatic rings. The number of hydrogen-bond donors (Lipinski definition) is 1. The van der Waals surface area contributed by atoms with E-state index in [2.05, 4.69) is 18.9 Å². The number of halogens is 1. The zero-order valence-electron chi connectivity index (χ0n) is 13.5. The molecular formula is C16H27ClN2O2. The molecule has 0 radical (unpaired) electrons. The van der Waals surface area contributed by atoms with Crippen LogP contribution in [0, 0.1) is 0 Å². The Morgan fingerprint density at radius 1 is 1.33 bits per heavy atom. The van der Waals surface area contributed by atoms with E-state index in [1.54, 1.807) is 7.11 Å². The van der Waals surface area contributed by atoms with Gasteiger partial charge in [0, 0.05) is 12.6 Å². The molecular weight excluding hydrogens is 288 g/mol. The van der Waals surface area contributed by atoms with Crippen LogP contribution in [-0.4, -0.2) is 38.8 Å². The van der Waals surface area contributed by atoms with E-state index in [1.165, 1.54) is 0 Å². The van der Waals surface area contributed by atoms with E-state index in [4.69, 9.17) is 26.8 Å². The average molecular weight is 315 g/mol. The molecule has 0 saturated heterocycles. The molecule has 0 aromatic heterocycles. The summed E-state index contributed by atoms with van der Waals surface area (Å²) < 4.78 is 11.0. The van der Waals surface area contributed by atoms with Gasteiger partial charge in [-0.1, -0.05) is 24.9 Å². The highest BCUT2D eigenvalue weighted by Gasteiger charge is 2.19. The standard InChI is InChI=1S/C16H27ClN2O2/c1-5-7-8-19(3)14(11-18)12-9-13(17)16(20-4)15(10-12)21-6-2/h9-10,14H,5-8,11,18H2,1-4H3. The minimum Gasteiger partial charge on any atom is -0.491 e. The summed E-state index contributed by atoms with van der Waals surface area (Å²) in [6.07, 6.45) is 2.31. The molecule has 1 rings (SSSR count). The molecule has 0 spiro atoms. The Bertz CT molecular complexity index is 441. The number of benzene rings is 1. The van der Waals surface area contributed by atoms with Gasteiger partial charge in [-0.05, 0) is 44.6 Å². The van der Waals surface area contributed by atoms with Crippen LogP contribution in [0.2, 0.25) is 5.02 Å². The van der Waals surface area contributed by atoms with Crippen molar-refractivity contribution in [1.82, 2.24) is 4.90 Å². The van der Waals surface area contributed by atoms with Gasteiger partial charge >= 0.3 is 0 Å². The second kappa shape index (κ2) is 9.13. The largest absolute Gasteiger partial charge is 0.491 e. The molecule has 0 aliphatic heterocycles. The highest BCUT2D eigenvalue weighted by atomic mass is 35.5. The summed E-state index contributed by atoms with van der Waals surface area (Å²) >= 11 is 6.32. The van der Waals surface area contributed by atoms with Crippen LogP contribution in [0.3, 0.4) is 0 Å². The van der Waals surface area contributed by atoms with Crippen LogP contribution in [0.5, 0.6) is 11.5 Å². The van der Waals surface area contributed by atoms with E-state index in [1.807, 2.05) is 19.1 Å². The minimum atomic E-state index is 0.124. The van der Waals surface area contributed by atoms with Crippen LogP contribution in [0.15, 0.2) is 12.1 Å². The van der Waals surface area contributed by atoms with Gasteiger partial charge in [0.1, 0.15) is 0 Å². The molecule has 5 heteroatoms. The number of rotatable bonds is 9. The van der Waals surface area contributed by atoms with E-state index in [-0.39, 0.29) is 6.04 Å². The molecule has 0 saturated carbocycles. The lowest BCUT2D eigenvalue weighted by molar-refractivity contribution is 0.245. The topological polar surface area (TPSA) is 47.7 Å². The maximum atomic E-state index is 6.32. The fraction of sp³-hybridized carbons (Fsp3) is 0.625. The van der Waals surface area contributed by atoms with Crippen molar-refractivity contribution < 1.29 is 9.47 Å². The van der Waals surface area contributed by atoms with Gasteiger partial charge in [0.05, 0.1) is 18.7 Å². The lowest BCUT2D eigenvalue weighted by Gasteiger charge is -2.28. The van der Waals surface area contributed by atoms with E-state index < -0.39 is 0 Å². The summed E-state index contributed by atoms with van der Waals surface area (Å²) in [6.45, 7) is 6.23. The Labute approximate surface area is 133 Å². The van der Waals surface area contributed by atoms with E-state index in [9.17, 15) is 0 Å². The zero-order valence-corrected chi connectivity index (χ0v) is 14.2. The first-order valence-electron chi connectivity index (χ1n) is 7.49. The van der Waals surface area contributed by atoms with Crippen molar-refractivity contribution in [2.75, 3.05) is 33.9 Å². The maximum Gasteiger partial charge on any atom is 0.179 e. The number of likely N-dealkylation sites (N-methyl/N-ethyl adjacent to an activating group) is 1. The molecule has 21 heavy (non-hydrogen) atoms. The molecule has 1 unspecified atom stereocenters. The third kappa shape index (κ3) is 4.77. The Kier molecular flexibility index (Phi) is 7.86. The Hall–Kier alpha value is -0.970. The summed E-state index contributed by atoms with van der Waals surface area (Å²) in [5, 5.41) is 0.556. The van der Waals surface area contributed by atoms with Crippen molar-refractivity contribution >= 4 is 11.6 Å². The van der Waals surface area contributed by atoms with Gasteiger partial charge in [0.2, 0.25) is 0 Å². The summed E-state index contributed by atoms with van der Waals surface area (Å²) in [5.41, 5.74) is 7.03. The molecule has 1 aromatic carbocycles. The van der Waals surface area contributed by atoms with Crippen molar-refractivity contribution in [2.24, 2.45) is 5.73 Å². The molecule has 0 aliphatic rings. The third-order valence-corrected chi connectivity index (χ3v) is 3.82. The van der Waals surface area contributed by atoms with E-state index in [0.717, 1.165) is 24.9 Å². The van der Waals surface area contributed by atoms with Crippen molar-refractivity contribution in [3.63, 3.8) is 0 Å². The SMILES string of the molecule is CCCCN(C)C(CN)c1cc(Cl)c(OC)c(OCC)c1. The number of ether oxygens (including phenoxy) is 2. The van der Waals surface area contributed by atoms with Crippen LogP contribution in [0.4, 0.5) is 0 Å². The Balaban J connectivity index is 3.09. The Morgan fingerprint density at radius 2 is 2.05 bits per heavy atom. The monoisotopic (exact) mass is 314 g/mol. The van der Waals surface area contributed by atoms with E-state index >= 15 is 0 Å². The minimum absolute atomic E-state index is 0.124. The predicted octanol–water partition coefficient (Wildman–Crippen LogP) is 3.48. The van der Waals surface area contributed by atoms with Crippen LogP contribution in [0.1, 0.15) is 38.3 Å². The van der Waals surface area contributed by atoms with Gasteiger partial charge in [-0.3, -0.25) is 4.90 Å². The van der Waals surface area contributed by atoms with Crippen molar-refractivity contribution in [1.29, 1.82) is 0 Å². The average Bonchev–Trinajstić information content (AvgIpc) is 2.46. The van der Waals surface area contributed by atoms with E-state index in [0.29, 0.717) is 29.7 Å². The fourth-order valence-electron chi connectivity index (χ4n) is 2.38. The lowest BCUT2D eigenvalue weighted by Crippen LogP contribution is -2.31. The number of hydrogen-bond acceptors (Lipinski definition) is 4. The highest BCUT2D eigenvalue weighted by molar-refractivity contribution is 6.32. The number of methoxy groups -OCH3 is 1. The van der Waals surface area contributed by atoms with Gasteiger partial charge in [0.15, 0.2) is 11.5 Å². The van der Waals surface area contributed by atoms with Crippen molar-refractivity contribution in [3.05, 3.63) is 22.7 Å². The first-order chi connectivity index (χ1) is 10.1. The van der Waals surface area contributed by atoms with Crippen molar-refractivity contribution in [2.45, 2.75) is 32.7 Å². The quantitative estimate of drug-likeness (QED) is 0.758. The van der Waals surface area contributed by atoms with Gasteiger partial charge in [-0.25, -0.2) is 0 Å². The number of nitrogens with zero attached hydrogens (tertiary/aromatic N) is 1. The maximum absolute atomic E-state index is 6.32. The second-order valence-corrected chi connectivity index (χ2v) is 5.46. The van der Waals surface area contributed by atoms with Crippen LogP contribution in [0.25, 0.3) is 0 Å². The molecule has 120 valence electrons. The molecule has 4 nitrogen and oxygen atoms in total. The lowest BCUT2D eigenvalue weighted by atomic mass is 10.0.